The standard InChI is InChI=1S/C9H8N2O2/c1-11-4-8(10-6-11)7-2-3-13-9(7)5-12/h2-6H,1H3. The van der Waals surface area contributed by atoms with E-state index in [-0.39, 0.29) is 0 Å². The van der Waals surface area contributed by atoms with Crippen LogP contribution >= 0.6 is 0 Å². The molecule has 0 fully saturated rings. The second-order valence-electron chi connectivity index (χ2n) is 2.74. The number of carbonyl (C=O) groups is 1. The predicted octanol–water partition coefficient (Wildman–Crippen LogP) is 1.49. The molecule has 2 rings (SSSR count). The SMILES string of the molecule is Cn1cnc(-c2ccoc2C=O)c1. The molecule has 0 saturated heterocycles. The molecule has 0 aliphatic carbocycles. The molecular formula is C9H8N2O2. The number of rotatable bonds is 2. The van der Waals surface area contributed by atoms with Crippen LogP contribution in [0.1, 0.15) is 10.6 Å². The van der Waals surface area contributed by atoms with Crippen LogP contribution < -0.4 is 0 Å². The lowest BCUT2D eigenvalue weighted by Gasteiger charge is -1.89. The molecule has 0 N–H and O–H groups in total. The number of aryl methyl sites for hydroxylation is 1. The maximum Gasteiger partial charge on any atom is 0.186 e. The van der Waals surface area contributed by atoms with Gasteiger partial charge in [0, 0.05) is 13.2 Å². The van der Waals surface area contributed by atoms with Gasteiger partial charge in [-0.2, -0.15) is 0 Å². The fraction of sp³-hybridized carbons (Fsp3) is 0.111. The number of nitrogens with zero attached hydrogens (tertiary/aromatic N) is 2. The molecule has 0 spiro atoms. The van der Waals surface area contributed by atoms with Crippen LogP contribution in [-0.4, -0.2) is 15.8 Å². The number of imidazole rings is 1. The van der Waals surface area contributed by atoms with Crippen LogP contribution in [0.3, 0.4) is 0 Å². The molecule has 0 aliphatic rings. The Labute approximate surface area is 74.8 Å². The smallest absolute Gasteiger partial charge is 0.186 e. The van der Waals surface area contributed by atoms with Crippen molar-refractivity contribution in [3.8, 4) is 11.3 Å². The van der Waals surface area contributed by atoms with Gasteiger partial charge in [0.2, 0.25) is 0 Å². The summed E-state index contributed by atoms with van der Waals surface area (Å²) >= 11 is 0. The number of carbonyl (C=O) groups excluding carboxylic acids is 1. The van der Waals surface area contributed by atoms with Crippen LogP contribution in [0, 0.1) is 0 Å². The minimum absolute atomic E-state index is 0.318. The van der Waals surface area contributed by atoms with Crippen molar-refractivity contribution in [2.45, 2.75) is 0 Å². The van der Waals surface area contributed by atoms with E-state index in [0.717, 1.165) is 11.3 Å². The number of aromatic nitrogens is 2. The molecule has 66 valence electrons. The third-order valence-electron chi connectivity index (χ3n) is 1.78. The topological polar surface area (TPSA) is 48.0 Å². The van der Waals surface area contributed by atoms with Crippen LogP contribution in [0.2, 0.25) is 0 Å². The third-order valence-corrected chi connectivity index (χ3v) is 1.78. The van der Waals surface area contributed by atoms with E-state index in [1.165, 1.54) is 6.26 Å². The molecular weight excluding hydrogens is 168 g/mol. The van der Waals surface area contributed by atoms with Gasteiger partial charge in [-0.15, -0.1) is 0 Å². The largest absolute Gasteiger partial charge is 0.461 e. The Morgan fingerprint density at radius 2 is 2.46 bits per heavy atom. The zero-order chi connectivity index (χ0) is 9.26. The first-order valence-corrected chi connectivity index (χ1v) is 3.82. The Morgan fingerprint density at radius 1 is 1.62 bits per heavy atom. The molecule has 0 bridgehead atoms. The van der Waals surface area contributed by atoms with Crippen molar-refractivity contribution < 1.29 is 9.21 Å². The lowest BCUT2D eigenvalue weighted by Crippen LogP contribution is -1.81. The Hall–Kier alpha value is -1.84. The Bertz CT molecular complexity index is 428. The first-order valence-electron chi connectivity index (χ1n) is 3.82. The molecule has 0 saturated carbocycles. The summed E-state index contributed by atoms with van der Waals surface area (Å²) in [5, 5.41) is 0. The van der Waals surface area contributed by atoms with Crippen molar-refractivity contribution in [1.29, 1.82) is 0 Å². The predicted molar refractivity (Wildman–Crippen MR) is 46.3 cm³/mol. The van der Waals surface area contributed by atoms with E-state index in [0.29, 0.717) is 12.0 Å². The summed E-state index contributed by atoms with van der Waals surface area (Å²) in [5.41, 5.74) is 1.48. The zero-order valence-electron chi connectivity index (χ0n) is 7.10. The number of hydrogen-bond acceptors (Lipinski definition) is 3. The van der Waals surface area contributed by atoms with Crippen LogP contribution in [0.5, 0.6) is 0 Å². The van der Waals surface area contributed by atoms with Gasteiger partial charge in [0.15, 0.2) is 12.0 Å². The summed E-state index contributed by atoms with van der Waals surface area (Å²) in [4.78, 5) is 14.7. The molecule has 4 nitrogen and oxygen atoms in total. The highest BCUT2D eigenvalue weighted by molar-refractivity contribution is 5.82. The van der Waals surface area contributed by atoms with Crippen LogP contribution in [-0.2, 0) is 7.05 Å². The van der Waals surface area contributed by atoms with Gasteiger partial charge in [-0.3, -0.25) is 4.79 Å². The van der Waals surface area contributed by atoms with Crippen molar-refractivity contribution in [3.63, 3.8) is 0 Å². The van der Waals surface area contributed by atoms with E-state index in [2.05, 4.69) is 4.98 Å². The highest BCUT2D eigenvalue weighted by Gasteiger charge is 2.09. The van der Waals surface area contributed by atoms with Gasteiger partial charge in [0.05, 0.1) is 23.8 Å². The fourth-order valence-electron chi connectivity index (χ4n) is 1.18. The summed E-state index contributed by atoms with van der Waals surface area (Å²) in [6.45, 7) is 0. The molecule has 2 aromatic rings. The number of aldehydes is 1. The molecule has 0 atom stereocenters. The van der Waals surface area contributed by atoms with Crippen molar-refractivity contribution in [3.05, 3.63) is 30.6 Å². The molecule has 4 heteroatoms. The van der Waals surface area contributed by atoms with Gasteiger partial charge >= 0.3 is 0 Å². The molecule has 2 heterocycles. The summed E-state index contributed by atoms with van der Waals surface area (Å²) in [7, 11) is 1.87. The highest BCUT2D eigenvalue weighted by Crippen LogP contribution is 2.21. The van der Waals surface area contributed by atoms with E-state index < -0.39 is 0 Å². The summed E-state index contributed by atoms with van der Waals surface area (Å²) in [6, 6.07) is 1.73. The van der Waals surface area contributed by atoms with Gasteiger partial charge in [-0.25, -0.2) is 4.98 Å². The van der Waals surface area contributed by atoms with Gasteiger partial charge < -0.3 is 8.98 Å². The molecule has 13 heavy (non-hydrogen) atoms. The summed E-state index contributed by atoms with van der Waals surface area (Å²) < 4.78 is 6.78. The fourth-order valence-corrected chi connectivity index (χ4v) is 1.18. The van der Waals surface area contributed by atoms with Crippen LogP contribution in [0.4, 0.5) is 0 Å². The van der Waals surface area contributed by atoms with Gasteiger partial charge in [-0.1, -0.05) is 0 Å². The van der Waals surface area contributed by atoms with Crippen molar-refractivity contribution >= 4 is 6.29 Å². The first kappa shape index (κ1) is 7.79. The maximum absolute atomic E-state index is 10.5. The zero-order valence-corrected chi connectivity index (χ0v) is 7.10. The second-order valence-corrected chi connectivity index (χ2v) is 2.74. The average Bonchev–Trinajstić information content (AvgIpc) is 2.71. The minimum atomic E-state index is 0.318. The lowest BCUT2D eigenvalue weighted by atomic mass is 10.2. The minimum Gasteiger partial charge on any atom is -0.461 e. The summed E-state index contributed by atoms with van der Waals surface area (Å²) in [6.07, 6.45) is 5.67. The van der Waals surface area contributed by atoms with E-state index in [4.69, 9.17) is 4.42 Å². The lowest BCUT2D eigenvalue weighted by molar-refractivity contribution is 0.110. The maximum atomic E-state index is 10.5. The summed E-state index contributed by atoms with van der Waals surface area (Å²) in [5.74, 6) is 0.318. The van der Waals surface area contributed by atoms with Crippen molar-refractivity contribution in [2.24, 2.45) is 7.05 Å². The Morgan fingerprint density at radius 3 is 3.08 bits per heavy atom. The van der Waals surface area contributed by atoms with E-state index in [9.17, 15) is 4.79 Å². The average molecular weight is 176 g/mol. The highest BCUT2D eigenvalue weighted by atomic mass is 16.3. The monoisotopic (exact) mass is 176 g/mol. The van der Waals surface area contributed by atoms with Gasteiger partial charge in [0.1, 0.15) is 0 Å². The van der Waals surface area contributed by atoms with E-state index in [1.54, 1.807) is 12.4 Å². The number of hydrogen-bond donors (Lipinski definition) is 0. The third kappa shape index (κ3) is 1.26. The molecule has 0 aliphatic heterocycles. The van der Waals surface area contributed by atoms with Crippen molar-refractivity contribution in [1.82, 2.24) is 9.55 Å². The quantitative estimate of drug-likeness (QED) is 0.651. The molecule has 2 aromatic heterocycles. The number of furan rings is 1. The molecule has 0 amide bonds. The van der Waals surface area contributed by atoms with Crippen LogP contribution in [0.25, 0.3) is 11.3 Å². The molecule has 0 radical (unpaired) electrons. The van der Waals surface area contributed by atoms with Crippen LogP contribution in [0.15, 0.2) is 29.3 Å². The van der Waals surface area contributed by atoms with Gasteiger partial charge in [-0.05, 0) is 6.07 Å². The van der Waals surface area contributed by atoms with E-state index in [1.807, 2.05) is 17.8 Å². The molecule has 0 aromatic carbocycles. The Kier molecular flexibility index (Phi) is 1.73. The van der Waals surface area contributed by atoms with Crippen molar-refractivity contribution in [2.75, 3.05) is 0 Å². The Balaban J connectivity index is 2.51. The van der Waals surface area contributed by atoms with E-state index >= 15 is 0 Å². The normalized spacial score (nSPS) is 10.2. The van der Waals surface area contributed by atoms with Gasteiger partial charge in [0.25, 0.3) is 0 Å². The molecule has 0 unspecified atom stereocenters. The second kappa shape index (κ2) is 2.90. The first-order chi connectivity index (χ1) is 6.31.